The Balaban J connectivity index is 1.74. The fourth-order valence-electron chi connectivity index (χ4n) is 3.59. The highest BCUT2D eigenvalue weighted by atomic mass is 32.2. The average Bonchev–Trinajstić information content (AvgIpc) is 3.05. The molecule has 1 aliphatic carbocycles. The van der Waals surface area contributed by atoms with Crippen LogP contribution in [-0.2, 0) is 10.0 Å². The minimum absolute atomic E-state index is 0.0984. The number of rotatable bonds is 6. The zero-order valence-corrected chi connectivity index (χ0v) is 17.4. The second-order valence-electron chi connectivity index (χ2n) is 6.98. The molecular weight excluding hydrogens is 401 g/mol. The van der Waals surface area contributed by atoms with E-state index in [-0.39, 0.29) is 19.0 Å². The van der Waals surface area contributed by atoms with Gasteiger partial charge in [0.2, 0.25) is 0 Å². The second kappa shape index (κ2) is 9.69. The van der Waals surface area contributed by atoms with Crippen molar-refractivity contribution in [1.82, 2.24) is 14.9 Å². The number of nitrogens with one attached hydrogen (secondary N) is 2. The molecule has 0 bridgehead atoms. The molecule has 2 aliphatic rings. The van der Waals surface area contributed by atoms with Gasteiger partial charge < -0.3 is 10.6 Å². The van der Waals surface area contributed by atoms with Crippen LogP contribution in [0.5, 0.6) is 0 Å². The lowest BCUT2D eigenvalue weighted by molar-refractivity contribution is -0.0496. The van der Waals surface area contributed by atoms with Gasteiger partial charge in [0.15, 0.2) is 5.96 Å². The molecule has 1 saturated heterocycles. The number of nitrogens with zero attached hydrogens (tertiary/aromatic N) is 2. The molecule has 11 heteroatoms. The Kier molecular flexibility index (Phi) is 8.11. The lowest BCUT2D eigenvalue weighted by atomic mass is 9.98. The summed E-state index contributed by atoms with van der Waals surface area (Å²) in [6, 6.07) is 0.388. The summed E-state index contributed by atoms with van der Waals surface area (Å²) >= 11 is 1.98. The summed E-state index contributed by atoms with van der Waals surface area (Å²) in [6.07, 6.45) is 4.20. The van der Waals surface area contributed by atoms with Crippen LogP contribution < -0.4 is 10.6 Å². The highest BCUT2D eigenvalue weighted by molar-refractivity contribution is 7.99. The fourth-order valence-corrected chi connectivity index (χ4v) is 5.71. The molecule has 2 fully saturated rings. The van der Waals surface area contributed by atoms with Crippen LogP contribution in [0.2, 0.25) is 0 Å². The van der Waals surface area contributed by atoms with E-state index in [2.05, 4.69) is 22.5 Å². The van der Waals surface area contributed by atoms with Crippen molar-refractivity contribution in [2.45, 2.75) is 55.8 Å². The van der Waals surface area contributed by atoms with Gasteiger partial charge in [-0.05, 0) is 43.8 Å². The largest absolute Gasteiger partial charge is 0.511 e. The second-order valence-corrected chi connectivity index (χ2v) is 10.5. The summed E-state index contributed by atoms with van der Waals surface area (Å²) in [5.41, 5.74) is -5.22. The van der Waals surface area contributed by atoms with Crippen molar-refractivity contribution in [3.8, 4) is 0 Å². The maximum atomic E-state index is 12.6. The molecule has 1 aliphatic heterocycles. The van der Waals surface area contributed by atoms with E-state index in [0.29, 0.717) is 40.9 Å². The topological polar surface area (TPSA) is 73.8 Å². The van der Waals surface area contributed by atoms with Crippen molar-refractivity contribution < 1.29 is 21.6 Å². The molecule has 0 aromatic heterocycles. The first kappa shape index (κ1) is 22.6. The van der Waals surface area contributed by atoms with Gasteiger partial charge in [-0.2, -0.15) is 29.2 Å². The van der Waals surface area contributed by atoms with E-state index < -0.39 is 15.5 Å². The maximum absolute atomic E-state index is 12.6. The molecular formula is C16H29F3N4O2S2. The lowest BCUT2D eigenvalue weighted by Gasteiger charge is -2.32. The molecule has 2 atom stereocenters. The first-order chi connectivity index (χ1) is 12.7. The number of piperidine rings is 1. The quantitative estimate of drug-likeness (QED) is 0.500. The van der Waals surface area contributed by atoms with Gasteiger partial charge in [-0.25, -0.2) is 8.42 Å². The molecule has 27 heavy (non-hydrogen) atoms. The zero-order valence-electron chi connectivity index (χ0n) is 15.8. The third-order valence-corrected chi connectivity index (χ3v) is 7.98. The van der Waals surface area contributed by atoms with Gasteiger partial charge >= 0.3 is 15.5 Å². The first-order valence-electron chi connectivity index (χ1n) is 9.32. The number of alkyl halides is 3. The van der Waals surface area contributed by atoms with Crippen molar-refractivity contribution in [2.24, 2.45) is 10.9 Å². The summed E-state index contributed by atoms with van der Waals surface area (Å²) in [5, 5.41) is 7.34. The molecule has 6 nitrogen and oxygen atoms in total. The van der Waals surface area contributed by atoms with E-state index in [0.717, 1.165) is 18.6 Å². The first-order valence-corrected chi connectivity index (χ1v) is 11.8. The molecule has 0 amide bonds. The number of sulfonamides is 1. The van der Waals surface area contributed by atoms with E-state index in [1.165, 1.54) is 6.42 Å². The van der Waals surface area contributed by atoms with Gasteiger partial charge in [0, 0.05) is 38.0 Å². The average molecular weight is 431 g/mol. The standard InChI is InChI=1S/C16H29F3N4O2S2/c1-3-26-14-5-4-13(10-14)22-15(20-2)21-11-12-6-8-23(9-7-12)27(24,25)16(17,18)19/h12-14H,3-11H2,1-2H3,(H2,20,21,22). The third-order valence-electron chi connectivity index (χ3n) is 5.12. The van der Waals surface area contributed by atoms with Crippen LogP contribution in [0.25, 0.3) is 0 Å². The molecule has 0 spiro atoms. The highest BCUT2D eigenvalue weighted by Gasteiger charge is 2.50. The smallest absolute Gasteiger partial charge is 0.356 e. The van der Waals surface area contributed by atoms with Gasteiger partial charge in [-0.15, -0.1) is 0 Å². The number of guanidine groups is 1. The Bertz CT molecular complexity index is 605. The van der Waals surface area contributed by atoms with Gasteiger partial charge in [0.05, 0.1) is 0 Å². The van der Waals surface area contributed by atoms with Gasteiger partial charge in [0.1, 0.15) is 0 Å². The predicted octanol–water partition coefficient (Wildman–Crippen LogP) is 2.39. The van der Waals surface area contributed by atoms with Crippen molar-refractivity contribution in [1.29, 1.82) is 0 Å². The Morgan fingerprint density at radius 1 is 1.22 bits per heavy atom. The highest BCUT2D eigenvalue weighted by Crippen LogP contribution is 2.31. The van der Waals surface area contributed by atoms with E-state index in [9.17, 15) is 21.6 Å². The number of thioether (sulfide) groups is 1. The van der Waals surface area contributed by atoms with Crippen LogP contribution in [0.1, 0.15) is 39.0 Å². The molecule has 0 radical (unpaired) electrons. The van der Waals surface area contributed by atoms with E-state index in [4.69, 9.17) is 0 Å². The fraction of sp³-hybridized carbons (Fsp3) is 0.938. The van der Waals surface area contributed by atoms with E-state index >= 15 is 0 Å². The van der Waals surface area contributed by atoms with Gasteiger partial charge in [0.25, 0.3) is 0 Å². The van der Waals surface area contributed by atoms with Crippen LogP contribution in [0.4, 0.5) is 13.2 Å². The molecule has 2 rings (SSSR count). The normalized spacial score (nSPS) is 26.3. The van der Waals surface area contributed by atoms with Gasteiger partial charge in [-0.3, -0.25) is 4.99 Å². The van der Waals surface area contributed by atoms with Crippen molar-refractivity contribution in [2.75, 3.05) is 32.4 Å². The van der Waals surface area contributed by atoms with E-state index in [1.807, 2.05) is 11.8 Å². The minimum Gasteiger partial charge on any atom is -0.356 e. The minimum atomic E-state index is -5.22. The monoisotopic (exact) mass is 430 g/mol. The summed E-state index contributed by atoms with van der Waals surface area (Å²) in [6.45, 7) is 2.54. The summed E-state index contributed by atoms with van der Waals surface area (Å²) in [4.78, 5) is 4.23. The van der Waals surface area contributed by atoms with Crippen molar-refractivity contribution >= 4 is 27.7 Å². The van der Waals surface area contributed by atoms with Crippen molar-refractivity contribution in [3.05, 3.63) is 0 Å². The molecule has 0 aromatic rings. The van der Waals surface area contributed by atoms with Crippen LogP contribution in [0, 0.1) is 5.92 Å². The Morgan fingerprint density at radius 2 is 1.89 bits per heavy atom. The molecule has 1 saturated carbocycles. The van der Waals surface area contributed by atoms with Crippen molar-refractivity contribution in [3.63, 3.8) is 0 Å². The maximum Gasteiger partial charge on any atom is 0.511 e. The molecule has 158 valence electrons. The number of hydrogen-bond donors (Lipinski definition) is 2. The summed E-state index contributed by atoms with van der Waals surface area (Å²) < 4.78 is 61.3. The van der Waals surface area contributed by atoms with Crippen LogP contribution in [-0.4, -0.2) is 67.9 Å². The molecule has 2 N–H and O–H groups in total. The van der Waals surface area contributed by atoms with Crippen LogP contribution in [0.15, 0.2) is 4.99 Å². The Hall–Kier alpha value is -0.680. The lowest BCUT2D eigenvalue weighted by Crippen LogP contribution is -2.48. The molecule has 1 heterocycles. The molecule has 0 aromatic carbocycles. The number of halogens is 3. The molecule has 2 unspecified atom stereocenters. The summed E-state index contributed by atoms with van der Waals surface area (Å²) in [7, 11) is -3.51. The SMILES string of the molecule is CCSC1CCC(NC(=NC)NCC2CCN(S(=O)(=O)C(F)(F)F)CC2)C1. The summed E-state index contributed by atoms with van der Waals surface area (Å²) in [5.74, 6) is 1.94. The van der Waals surface area contributed by atoms with Crippen LogP contribution in [0.3, 0.4) is 0 Å². The van der Waals surface area contributed by atoms with Crippen LogP contribution >= 0.6 is 11.8 Å². The third kappa shape index (κ3) is 6.15. The van der Waals surface area contributed by atoms with Gasteiger partial charge in [-0.1, -0.05) is 6.92 Å². The number of aliphatic imine (C=N–C) groups is 1. The zero-order chi connectivity index (χ0) is 20.1. The predicted molar refractivity (Wildman–Crippen MR) is 103 cm³/mol. The Morgan fingerprint density at radius 3 is 2.44 bits per heavy atom. The Labute approximate surface area is 163 Å². The number of hydrogen-bond acceptors (Lipinski definition) is 4. The van der Waals surface area contributed by atoms with E-state index in [1.54, 1.807) is 7.05 Å².